The van der Waals surface area contributed by atoms with Crippen LogP contribution in [0.3, 0.4) is 0 Å². The summed E-state index contributed by atoms with van der Waals surface area (Å²) in [6.07, 6.45) is 4.34. The van der Waals surface area contributed by atoms with Gasteiger partial charge in [0.1, 0.15) is 11.3 Å². The third kappa shape index (κ3) is 4.42. The van der Waals surface area contributed by atoms with E-state index in [-0.39, 0.29) is 36.1 Å². The van der Waals surface area contributed by atoms with Crippen LogP contribution in [0.5, 0.6) is 0 Å². The van der Waals surface area contributed by atoms with Crippen molar-refractivity contribution in [3.8, 4) is 0 Å². The Kier molecular flexibility index (Phi) is 6.76. The lowest BCUT2D eigenvalue weighted by atomic mass is 9.95. The number of hydrogen-bond acceptors (Lipinski definition) is 5. The molecule has 3 rings (SSSR count). The molecule has 0 bridgehead atoms. The number of aromatic nitrogens is 1. The number of nitrogens with two attached hydrogens (primary N) is 1. The molecule has 2 amide bonds. The molecule has 1 aromatic carbocycles. The van der Waals surface area contributed by atoms with Crippen LogP contribution in [0.2, 0.25) is 0 Å². The number of aryl methyl sites for hydroxylation is 1. The number of amides is 2. The molecule has 1 saturated carbocycles. The first-order valence-electron chi connectivity index (χ1n) is 8.42. The molecule has 1 aliphatic rings. The quantitative estimate of drug-likeness (QED) is 0.740. The number of halogens is 1. The molecule has 0 aliphatic heterocycles. The predicted molar refractivity (Wildman–Crippen MR) is 101 cm³/mol. The fraction of sp³-hybridized carbons (Fsp3) is 0.389. The molecule has 26 heavy (non-hydrogen) atoms. The van der Waals surface area contributed by atoms with Crippen LogP contribution in [0, 0.1) is 18.8 Å². The Morgan fingerprint density at radius 1 is 1.19 bits per heavy atom. The van der Waals surface area contributed by atoms with Crippen molar-refractivity contribution >= 4 is 35.6 Å². The molecule has 0 radical (unpaired) electrons. The lowest BCUT2D eigenvalue weighted by molar-refractivity contribution is -0.120. The molecule has 8 heteroatoms. The molecule has 4 N–H and O–H groups in total. The van der Waals surface area contributed by atoms with Crippen LogP contribution >= 0.6 is 12.4 Å². The number of benzene rings is 1. The van der Waals surface area contributed by atoms with Crippen molar-refractivity contribution in [2.75, 3.05) is 17.2 Å². The fourth-order valence-corrected chi connectivity index (χ4v) is 3.25. The second-order valence-corrected chi connectivity index (χ2v) is 6.35. The molecule has 1 aromatic heterocycles. The number of hydrogen-bond donors (Lipinski definition) is 3. The monoisotopic (exact) mass is 378 g/mol. The highest BCUT2D eigenvalue weighted by atomic mass is 35.5. The Labute approximate surface area is 158 Å². The number of rotatable bonds is 5. The van der Waals surface area contributed by atoms with Crippen molar-refractivity contribution in [1.82, 2.24) is 5.16 Å². The second-order valence-electron chi connectivity index (χ2n) is 6.35. The van der Waals surface area contributed by atoms with Crippen molar-refractivity contribution in [3.63, 3.8) is 0 Å². The Balaban J connectivity index is 0.00000243. The van der Waals surface area contributed by atoms with Gasteiger partial charge in [0.25, 0.3) is 5.91 Å². The number of nitrogens with one attached hydrogen (secondary N) is 2. The summed E-state index contributed by atoms with van der Waals surface area (Å²) >= 11 is 0. The minimum Gasteiger partial charge on any atom is -0.361 e. The molecule has 1 heterocycles. The van der Waals surface area contributed by atoms with E-state index in [1.54, 1.807) is 31.2 Å². The largest absolute Gasteiger partial charge is 0.361 e. The molecule has 7 nitrogen and oxygen atoms in total. The molecule has 2 atom stereocenters. The van der Waals surface area contributed by atoms with E-state index >= 15 is 0 Å². The Bertz CT molecular complexity index is 760. The number of anilines is 2. The highest BCUT2D eigenvalue weighted by molar-refractivity contribution is 6.04. The molecule has 1 fully saturated rings. The first kappa shape index (κ1) is 19.9. The first-order valence-corrected chi connectivity index (χ1v) is 8.42. The third-order valence-electron chi connectivity index (χ3n) is 4.70. The van der Waals surface area contributed by atoms with Crippen LogP contribution in [-0.2, 0) is 4.79 Å². The first-order chi connectivity index (χ1) is 12.1. The summed E-state index contributed by atoms with van der Waals surface area (Å²) in [5.41, 5.74) is 7.47. The minimum atomic E-state index is -0.285. The van der Waals surface area contributed by atoms with Gasteiger partial charge < -0.3 is 20.9 Å². The van der Waals surface area contributed by atoms with Crippen molar-refractivity contribution in [2.45, 2.75) is 26.2 Å². The van der Waals surface area contributed by atoms with Crippen LogP contribution in [0.1, 0.15) is 35.4 Å². The van der Waals surface area contributed by atoms with Gasteiger partial charge in [-0.2, -0.15) is 0 Å². The van der Waals surface area contributed by atoms with Gasteiger partial charge in [-0.25, -0.2) is 0 Å². The fourth-order valence-electron chi connectivity index (χ4n) is 3.25. The smallest absolute Gasteiger partial charge is 0.260 e. The van der Waals surface area contributed by atoms with Crippen LogP contribution in [0.25, 0.3) is 0 Å². The van der Waals surface area contributed by atoms with Gasteiger partial charge >= 0.3 is 0 Å². The molecule has 1 aliphatic carbocycles. The average molecular weight is 379 g/mol. The van der Waals surface area contributed by atoms with E-state index in [1.807, 2.05) is 0 Å². The molecular formula is C18H23ClN4O3. The summed E-state index contributed by atoms with van der Waals surface area (Å²) in [6, 6.07) is 7.01. The predicted octanol–water partition coefficient (Wildman–Crippen LogP) is 2.97. The van der Waals surface area contributed by atoms with Gasteiger partial charge in [0.2, 0.25) is 5.91 Å². The van der Waals surface area contributed by atoms with Crippen LogP contribution in [0.15, 0.2) is 35.0 Å². The number of nitrogens with zero attached hydrogens (tertiary/aromatic N) is 1. The van der Waals surface area contributed by atoms with E-state index in [0.29, 0.717) is 29.2 Å². The average Bonchev–Trinajstić information content (AvgIpc) is 3.25. The molecular weight excluding hydrogens is 356 g/mol. The highest BCUT2D eigenvalue weighted by Gasteiger charge is 2.31. The van der Waals surface area contributed by atoms with E-state index < -0.39 is 0 Å². The van der Waals surface area contributed by atoms with E-state index in [9.17, 15) is 9.59 Å². The second kappa shape index (κ2) is 8.82. The standard InChI is InChI=1S/C18H22N4O3.ClH/c1-11-16(10-20-25-11)18(24)22-14-7-5-13(6-8-14)21-17(23)15-4-2-3-12(15)9-19;/h5-8,10,12,15H,2-4,9,19H2,1H3,(H,21,23)(H,22,24);1H/t12-,15-;/m1./s1. The maximum Gasteiger partial charge on any atom is 0.260 e. The summed E-state index contributed by atoms with van der Waals surface area (Å²) in [6.45, 7) is 2.23. The van der Waals surface area contributed by atoms with Gasteiger partial charge in [-0.15, -0.1) is 12.4 Å². The van der Waals surface area contributed by atoms with Gasteiger partial charge in [-0.3, -0.25) is 9.59 Å². The Morgan fingerprint density at radius 3 is 2.42 bits per heavy atom. The number of carbonyl (C=O) groups is 2. The normalized spacial score (nSPS) is 18.8. The summed E-state index contributed by atoms with van der Waals surface area (Å²) < 4.78 is 4.89. The topological polar surface area (TPSA) is 110 Å². The van der Waals surface area contributed by atoms with Crippen LogP contribution < -0.4 is 16.4 Å². The summed E-state index contributed by atoms with van der Waals surface area (Å²) in [4.78, 5) is 24.5. The van der Waals surface area contributed by atoms with E-state index in [0.717, 1.165) is 19.3 Å². The molecule has 0 unspecified atom stereocenters. The lowest BCUT2D eigenvalue weighted by Gasteiger charge is -2.17. The van der Waals surface area contributed by atoms with E-state index in [4.69, 9.17) is 10.3 Å². The zero-order chi connectivity index (χ0) is 17.8. The van der Waals surface area contributed by atoms with Gasteiger partial charge in [0, 0.05) is 17.3 Å². The van der Waals surface area contributed by atoms with Crippen molar-refractivity contribution in [2.24, 2.45) is 17.6 Å². The van der Waals surface area contributed by atoms with Crippen LogP contribution in [0.4, 0.5) is 11.4 Å². The molecule has 140 valence electrons. The molecule has 0 spiro atoms. The van der Waals surface area contributed by atoms with Crippen molar-refractivity contribution in [1.29, 1.82) is 0 Å². The summed E-state index contributed by atoms with van der Waals surface area (Å²) in [7, 11) is 0. The van der Waals surface area contributed by atoms with E-state index in [1.165, 1.54) is 6.20 Å². The molecule has 0 saturated heterocycles. The lowest BCUT2D eigenvalue weighted by Crippen LogP contribution is -2.29. The van der Waals surface area contributed by atoms with E-state index in [2.05, 4.69) is 15.8 Å². The molecule has 2 aromatic rings. The third-order valence-corrected chi connectivity index (χ3v) is 4.70. The van der Waals surface area contributed by atoms with Gasteiger partial charge in [0.05, 0.1) is 6.20 Å². The number of carbonyl (C=O) groups excluding carboxylic acids is 2. The van der Waals surface area contributed by atoms with Gasteiger partial charge in [-0.1, -0.05) is 11.6 Å². The summed E-state index contributed by atoms with van der Waals surface area (Å²) in [5.74, 6) is 0.454. The zero-order valence-electron chi connectivity index (χ0n) is 14.5. The Morgan fingerprint density at radius 2 is 1.85 bits per heavy atom. The highest BCUT2D eigenvalue weighted by Crippen LogP contribution is 2.32. The van der Waals surface area contributed by atoms with Crippen LogP contribution in [-0.4, -0.2) is 23.5 Å². The maximum absolute atomic E-state index is 12.4. The summed E-state index contributed by atoms with van der Waals surface area (Å²) in [5, 5.41) is 9.29. The maximum atomic E-state index is 12.4. The van der Waals surface area contributed by atoms with Crippen molar-refractivity contribution < 1.29 is 14.1 Å². The van der Waals surface area contributed by atoms with Gasteiger partial charge in [-0.05, 0) is 56.5 Å². The Hall–Kier alpha value is -2.38. The SMILES string of the molecule is Cc1oncc1C(=O)Nc1ccc(NC(=O)[C@@H]2CCC[C@@H]2CN)cc1.Cl. The zero-order valence-corrected chi connectivity index (χ0v) is 15.3. The van der Waals surface area contributed by atoms with Gasteiger partial charge in [0.15, 0.2) is 0 Å². The minimum absolute atomic E-state index is 0. The van der Waals surface area contributed by atoms with Crippen molar-refractivity contribution in [3.05, 3.63) is 41.8 Å².